The molecule has 94 valence electrons. The second kappa shape index (κ2) is 5.35. The average molecular weight is 367 g/mol. The molecule has 0 amide bonds. The Bertz CT molecular complexity index is 494. The quantitative estimate of drug-likeness (QED) is 0.772. The van der Waals surface area contributed by atoms with Crippen LogP contribution in [0.25, 0.3) is 0 Å². The van der Waals surface area contributed by atoms with Gasteiger partial charge in [-0.1, -0.05) is 0 Å². The summed E-state index contributed by atoms with van der Waals surface area (Å²) >= 11 is 6.48. The summed E-state index contributed by atoms with van der Waals surface area (Å²) in [5, 5.41) is 0. The molecule has 0 aromatic carbocycles. The van der Waals surface area contributed by atoms with Gasteiger partial charge < -0.3 is 9.30 Å². The molecule has 0 N–H and O–H groups in total. The van der Waals surface area contributed by atoms with E-state index in [1.807, 2.05) is 0 Å². The smallest absolute Gasteiger partial charge is 0.313 e. The molecule has 4 nitrogen and oxygen atoms in total. The third-order valence-corrected chi connectivity index (χ3v) is 3.31. The molecular formula is C11H13Br2NO3. The number of hydrogen-bond donors (Lipinski definition) is 0. The molecule has 0 aliphatic rings. The highest BCUT2D eigenvalue weighted by Crippen LogP contribution is 2.21. The summed E-state index contributed by atoms with van der Waals surface area (Å²) in [7, 11) is 1.34. The fraction of sp³-hybridized carbons (Fsp3) is 0.455. The molecule has 0 atom stereocenters. The van der Waals surface area contributed by atoms with Crippen molar-refractivity contribution in [2.45, 2.75) is 20.4 Å². The Morgan fingerprint density at radius 1 is 1.47 bits per heavy atom. The number of esters is 1. The molecule has 17 heavy (non-hydrogen) atoms. The van der Waals surface area contributed by atoms with Crippen molar-refractivity contribution in [1.29, 1.82) is 0 Å². The van der Waals surface area contributed by atoms with Crippen LogP contribution < -0.4 is 5.56 Å². The maximum atomic E-state index is 11.9. The Balaban J connectivity index is 3.12. The first kappa shape index (κ1) is 14.4. The molecule has 0 saturated heterocycles. The number of carbonyl (C=O) groups excluding carboxylic acids is 1. The summed E-state index contributed by atoms with van der Waals surface area (Å²) in [5.41, 5.74) is -0.927. The largest absolute Gasteiger partial charge is 0.469 e. The van der Waals surface area contributed by atoms with Crippen molar-refractivity contribution in [1.82, 2.24) is 4.57 Å². The van der Waals surface area contributed by atoms with Gasteiger partial charge in [0.05, 0.1) is 17.0 Å². The topological polar surface area (TPSA) is 48.3 Å². The summed E-state index contributed by atoms with van der Waals surface area (Å²) in [6, 6.07) is 1.67. The van der Waals surface area contributed by atoms with Crippen molar-refractivity contribution in [2.24, 2.45) is 5.41 Å². The monoisotopic (exact) mass is 365 g/mol. The van der Waals surface area contributed by atoms with E-state index in [1.54, 1.807) is 26.1 Å². The normalized spacial score (nSPS) is 11.4. The molecule has 0 unspecified atom stereocenters. The summed E-state index contributed by atoms with van der Waals surface area (Å²) < 4.78 is 7.41. The van der Waals surface area contributed by atoms with Crippen LogP contribution in [0.15, 0.2) is 26.0 Å². The predicted octanol–water partition coefficient (Wildman–Crippen LogP) is 2.57. The molecule has 0 fully saturated rings. The third kappa shape index (κ3) is 3.42. The van der Waals surface area contributed by atoms with Crippen molar-refractivity contribution in [3.05, 3.63) is 31.6 Å². The van der Waals surface area contributed by atoms with E-state index in [-0.39, 0.29) is 18.1 Å². The fourth-order valence-electron chi connectivity index (χ4n) is 1.45. The Morgan fingerprint density at radius 3 is 2.59 bits per heavy atom. The van der Waals surface area contributed by atoms with E-state index in [4.69, 9.17) is 4.74 Å². The van der Waals surface area contributed by atoms with Crippen molar-refractivity contribution < 1.29 is 9.53 Å². The van der Waals surface area contributed by atoms with E-state index < -0.39 is 5.41 Å². The Kier molecular flexibility index (Phi) is 4.55. The minimum absolute atomic E-state index is 0.176. The minimum atomic E-state index is -0.751. The zero-order valence-corrected chi connectivity index (χ0v) is 13.0. The number of pyridine rings is 1. The summed E-state index contributed by atoms with van der Waals surface area (Å²) in [5.74, 6) is -0.347. The molecule has 0 radical (unpaired) electrons. The van der Waals surface area contributed by atoms with Crippen LogP contribution >= 0.6 is 31.9 Å². The maximum Gasteiger partial charge on any atom is 0.313 e. The van der Waals surface area contributed by atoms with Crippen LogP contribution in [-0.2, 0) is 16.1 Å². The van der Waals surface area contributed by atoms with Crippen molar-refractivity contribution >= 4 is 37.8 Å². The highest BCUT2D eigenvalue weighted by molar-refractivity contribution is 9.11. The summed E-state index contributed by atoms with van der Waals surface area (Å²) in [4.78, 5) is 23.4. The first-order chi connectivity index (χ1) is 7.77. The number of ether oxygens (including phenoxy) is 1. The zero-order chi connectivity index (χ0) is 13.2. The van der Waals surface area contributed by atoms with Crippen LogP contribution in [0.3, 0.4) is 0 Å². The number of nitrogens with zero attached hydrogens (tertiary/aromatic N) is 1. The number of methoxy groups -OCH3 is 1. The molecule has 6 heteroatoms. The van der Waals surface area contributed by atoms with Gasteiger partial charge in [0, 0.05) is 17.2 Å². The maximum absolute atomic E-state index is 11.9. The Labute approximate surface area is 116 Å². The standard InChI is InChI=1S/C11H13Br2NO3/c1-11(2,10(16)17-3)6-14-5-7(12)4-8(13)9(14)15/h4-5H,6H2,1-3H3. The van der Waals surface area contributed by atoms with E-state index in [0.717, 1.165) is 4.47 Å². The van der Waals surface area contributed by atoms with Crippen LogP contribution in [0.2, 0.25) is 0 Å². The number of rotatable bonds is 3. The van der Waals surface area contributed by atoms with E-state index in [0.29, 0.717) is 4.47 Å². The first-order valence-corrected chi connectivity index (χ1v) is 6.50. The van der Waals surface area contributed by atoms with Gasteiger partial charge in [0.1, 0.15) is 0 Å². The minimum Gasteiger partial charge on any atom is -0.469 e. The molecule has 1 aromatic rings. The number of hydrogen-bond acceptors (Lipinski definition) is 3. The van der Waals surface area contributed by atoms with Crippen molar-refractivity contribution in [3.8, 4) is 0 Å². The molecule has 0 bridgehead atoms. The molecule has 0 aliphatic carbocycles. The van der Waals surface area contributed by atoms with Gasteiger partial charge in [-0.3, -0.25) is 9.59 Å². The second-order valence-corrected chi connectivity index (χ2v) is 6.08. The van der Waals surface area contributed by atoms with E-state index in [9.17, 15) is 9.59 Å². The lowest BCUT2D eigenvalue weighted by Crippen LogP contribution is -2.35. The second-order valence-electron chi connectivity index (χ2n) is 4.31. The zero-order valence-electron chi connectivity index (χ0n) is 9.79. The SMILES string of the molecule is COC(=O)C(C)(C)Cn1cc(Br)cc(Br)c1=O. The van der Waals surface area contributed by atoms with Crippen LogP contribution in [0.5, 0.6) is 0 Å². The number of aromatic nitrogens is 1. The van der Waals surface area contributed by atoms with Crippen molar-refractivity contribution in [2.75, 3.05) is 7.11 Å². The first-order valence-electron chi connectivity index (χ1n) is 4.92. The molecule has 1 aromatic heterocycles. The molecular weight excluding hydrogens is 354 g/mol. The molecule has 0 spiro atoms. The molecule has 1 rings (SSSR count). The van der Waals surface area contributed by atoms with Crippen LogP contribution in [-0.4, -0.2) is 17.6 Å². The fourth-order valence-corrected chi connectivity index (χ4v) is 2.71. The lowest BCUT2D eigenvalue weighted by atomic mass is 9.93. The number of carbonyl (C=O) groups is 1. The van der Waals surface area contributed by atoms with Crippen LogP contribution in [0, 0.1) is 5.41 Å². The average Bonchev–Trinajstić information content (AvgIpc) is 2.23. The van der Waals surface area contributed by atoms with Gasteiger partial charge in [-0.2, -0.15) is 0 Å². The summed E-state index contributed by atoms with van der Waals surface area (Å²) in [6.07, 6.45) is 1.65. The predicted molar refractivity (Wildman–Crippen MR) is 71.9 cm³/mol. The van der Waals surface area contributed by atoms with Gasteiger partial charge in [-0.05, 0) is 51.8 Å². The van der Waals surface area contributed by atoms with Gasteiger partial charge in [0.2, 0.25) is 0 Å². The third-order valence-electron chi connectivity index (χ3n) is 2.31. The van der Waals surface area contributed by atoms with Gasteiger partial charge >= 0.3 is 5.97 Å². The van der Waals surface area contributed by atoms with E-state index >= 15 is 0 Å². The Morgan fingerprint density at radius 2 is 2.06 bits per heavy atom. The van der Waals surface area contributed by atoms with E-state index in [1.165, 1.54) is 11.7 Å². The van der Waals surface area contributed by atoms with Gasteiger partial charge in [-0.25, -0.2) is 0 Å². The summed E-state index contributed by atoms with van der Waals surface area (Å²) in [6.45, 7) is 3.73. The molecule has 1 heterocycles. The lowest BCUT2D eigenvalue weighted by molar-refractivity contribution is -0.151. The van der Waals surface area contributed by atoms with Crippen LogP contribution in [0.1, 0.15) is 13.8 Å². The molecule has 0 aliphatic heterocycles. The van der Waals surface area contributed by atoms with Crippen LogP contribution in [0.4, 0.5) is 0 Å². The van der Waals surface area contributed by atoms with Gasteiger partial charge in [-0.15, -0.1) is 0 Å². The molecule has 0 saturated carbocycles. The lowest BCUT2D eigenvalue weighted by Gasteiger charge is -2.22. The highest BCUT2D eigenvalue weighted by Gasteiger charge is 2.29. The van der Waals surface area contributed by atoms with Gasteiger partial charge in [0.15, 0.2) is 0 Å². The Hall–Kier alpha value is -0.620. The highest BCUT2D eigenvalue weighted by atomic mass is 79.9. The van der Waals surface area contributed by atoms with E-state index in [2.05, 4.69) is 31.9 Å². The van der Waals surface area contributed by atoms with Gasteiger partial charge in [0.25, 0.3) is 5.56 Å². The number of halogens is 2. The van der Waals surface area contributed by atoms with Crippen molar-refractivity contribution in [3.63, 3.8) is 0 Å².